The maximum Gasteiger partial charge on any atom is 0.273 e. The Morgan fingerprint density at radius 2 is 1.76 bits per heavy atom. The van der Waals surface area contributed by atoms with Crippen molar-refractivity contribution in [2.45, 2.75) is 38.5 Å². The molecule has 6 rings (SSSR count). The normalized spacial score (nSPS) is 23.2. The number of nitrogens with zero attached hydrogens (tertiary/aromatic N) is 3. The van der Waals surface area contributed by atoms with Crippen LogP contribution in [0.25, 0.3) is 0 Å². The van der Waals surface area contributed by atoms with Gasteiger partial charge in [-0.05, 0) is 73.7 Å². The number of aliphatic imine (C=N–C) groups is 1. The van der Waals surface area contributed by atoms with Crippen LogP contribution >= 0.6 is 0 Å². The Morgan fingerprint density at radius 3 is 2.43 bits per heavy atom. The van der Waals surface area contributed by atoms with Crippen molar-refractivity contribution < 1.29 is 19.1 Å². The molecule has 2 aromatic carbocycles. The zero-order valence-corrected chi connectivity index (χ0v) is 20.5. The van der Waals surface area contributed by atoms with Crippen molar-refractivity contribution in [3.05, 3.63) is 48.0 Å². The Kier molecular flexibility index (Phi) is 5.58. The van der Waals surface area contributed by atoms with Gasteiger partial charge in [-0.1, -0.05) is 0 Å². The van der Waals surface area contributed by atoms with Gasteiger partial charge < -0.3 is 20.3 Å². The number of amides is 3. The van der Waals surface area contributed by atoms with Gasteiger partial charge >= 0.3 is 0 Å². The van der Waals surface area contributed by atoms with Crippen molar-refractivity contribution in [3.8, 4) is 5.75 Å². The van der Waals surface area contributed by atoms with Crippen molar-refractivity contribution >= 4 is 46.2 Å². The van der Waals surface area contributed by atoms with E-state index in [-0.39, 0.29) is 23.2 Å². The number of ether oxygens (including phenoxy) is 1. The highest BCUT2D eigenvalue weighted by Gasteiger charge is 2.60. The monoisotopic (exact) mass is 499 g/mol. The topological polar surface area (TPSA) is 129 Å². The number of hydrogen-bond acceptors (Lipinski definition) is 6. The summed E-state index contributed by atoms with van der Waals surface area (Å²) in [6.45, 7) is 1.69. The van der Waals surface area contributed by atoms with Gasteiger partial charge in [-0.3, -0.25) is 19.8 Å². The first kappa shape index (κ1) is 23.4. The van der Waals surface area contributed by atoms with Crippen LogP contribution in [0, 0.1) is 16.7 Å². The molecule has 3 aliphatic heterocycles. The van der Waals surface area contributed by atoms with Crippen LogP contribution in [0.5, 0.6) is 5.75 Å². The lowest BCUT2D eigenvalue weighted by Gasteiger charge is -2.39. The van der Waals surface area contributed by atoms with Gasteiger partial charge in [0.05, 0.1) is 18.2 Å². The minimum absolute atomic E-state index is 0.118. The van der Waals surface area contributed by atoms with Crippen molar-refractivity contribution in [3.63, 3.8) is 0 Å². The average Bonchev–Trinajstić information content (AvgIpc) is 3.50. The Bertz CT molecular complexity index is 1340. The molecular formula is C28H29N5O4. The fraction of sp³-hybridized carbons (Fsp3) is 0.393. The van der Waals surface area contributed by atoms with Gasteiger partial charge in [0.2, 0.25) is 5.91 Å². The molecule has 1 unspecified atom stereocenters. The number of rotatable bonds is 5. The Morgan fingerprint density at radius 1 is 1.03 bits per heavy atom. The molecule has 9 heteroatoms. The number of nitrogens with two attached hydrogens (primary N) is 1. The molecule has 2 aromatic rings. The fourth-order valence-corrected chi connectivity index (χ4v) is 5.82. The minimum Gasteiger partial charge on any atom is -0.493 e. The van der Waals surface area contributed by atoms with E-state index in [1.54, 1.807) is 15.9 Å². The lowest BCUT2D eigenvalue weighted by atomic mass is 9.76. The molecule has 9 nitrogen and oxygen atoms in total. The number of hydrogen-bond donors (Lipinski definition) is 2. The van der Waals surface area contributed by atoms with Crippen LogP contribution in [0.2, 0.25) is 0 Å². The number of carbonyl (C=O) groups is 3. The van der Waals surface area contributed by atoms with Crippen molar-refractivity contribution in [1.29, 1.82) is 5.41 Å². The Hall–Kier alpha value is -4.01. The molecule has 1 spiro atoms. The number of anilines is 2. The van der Waals surface area contributed by atoms with E-state index < -0.39 is 17.2 Å². The zero-order chi connectivity index (χ0) is 25.7. The van der Waals surface area contributed by atoms with Gasteiger partial charge in [0, 0.05) is 42.7 Å². The summed E-state index contributed by atoms with van der Waals surface area (Å²) >= 11 is 0. The van der Waals surface area contributed by atoms with Crippen LogP contribution < -0.4 is 20.3 Å². The first-order valence-electron chi connectivity index (χ1n) is 12.8. The van der Waals surface area contributed by atoms with Gasteiger partial charge in [0.15, 0.2) is 0 Å². The zero-order valence-electron chi connectivity index (χ0n) is 20.5. The predicted octanol–water partition coefficient (Wildman–Crippen LogP) is 3.16. The molecule has 3 N–H and O–H groups in total. The van der Waals surface area contributed by atoms with Crippen LogP contribution in [0.3, 0.4) is 0 Å². The van der Waals surface area contributed by atoms with E-state index in [4.69, 9.17) is 20.9 Å². The van der Waals surface area contributed by atoms with Gasteiger partial charge in [-0.2, -0.15) is 0 Å². The highest BCUT2D eigenvalue weighted by atomic mass is 16.5. The molecule has 3 amide bonds. The molecule has 0 bridgehead atoms. The van der Waals surface area contributed by atoms with Gasteiger partial charge in [-0.15, -0.1) is 0 Å². The van der Waals surface area contributed by atoms with E-state index in [0.717, 1.165) is 49.1 Å². The lowest BCUT2D eigenvalue weighted by Crippen LogP contribution is -2.56. The van der Waals surface area contributed by atoms with Crippen molar-refractivity contribution in [1.82, 2.24) is 0 Å². The summed E-state index contributed by atoms with van der Waals surface area (Å²) in [5.41, 5.74) is 8.13. The van der Waals surface area contributed by atoms with Crippen LogP contribution in [-0.2, 0) is 20.8 Å². The Labute approximate surface area is 214 Å². The third kappa shape index (κ3) is 4.08. The van der Waals surface area contributed by atoms with E-state index >= 15 is 0 Å². The molecule has 4 aliphatic rings. The molecule has 37 heavy (non-hydrogen) atoms. The summed E-state index contributed by atoms with van der Waals surface area (Å²) in [6.07, 6.45) is 4.76. The molecule has 1 saturated carbocycles. The fourth-order valence-electron chi connectivity index (χ4n) is 5.82. The summed E-state index contributed by atoms with van der Waals surface area (Å²) in [6, 6.07) is 13.0. The molecule has 3 fully saturated rings. The molecule has 2 saturated heterocycles. The number of nitrogens with one attached hydrogen (secondary N) is 1. The lowest BCUT2D eigenvalue weighted by molar-refractivity contribution is -0.119. The molecule has 0 aromatic heterocycles. The maximum absolute atomic E-state index is 13.9. The summed E-state index contributed by atoms with van der Waals surface area (Å²) in [5, 5.41) is 8.49. The van der Waals surface area contributed by atoms with E-state index in [2.05, 4.69) is 0 Å². The quantitative estimate of drug-likeness (QED) is 0.612. The van der Waals surface area contributed by atoms with Crippen molar-refractivity contribution in [2.75, 3.05) is 29.5 Å². The summed E-state index contributed by atoms with van der Waals surface area (Å²) in [5.74, 6) is -0.987. The second kappa shape index (κ2) is 8.83. The van der Waals surface area contributed by atoms with E-state index in [0.29, 0.717) is 37.5 Å². The highest BCUT2D eigenvalue weighted by Crippen LogP contribution is 2.56. The highest BCUT2D eigenvalue weighted by molar-refractivity contribution is 6.54. The standard InChI is InChI=1S/C28H29N5O4/c29-24(26(30)35)23-25(31-18-4-9-21-17(15-18)10-14-37-21)27(36)33(16-28(23)11-12-28)20-7-5-19(6-8-20)32-13-2-1-3-22(32)34/h4-9,15,23,29H,1-3,10-14,16H2,(H2,30,35). The smallest absolute Gasteiger partial charge is 0.273 e. The van der Waals surface area contributed by atoms with Crippen molar-refractivity contribution in [2.24, 2.45) is 22.1 Å². The number of benzene rings is 2. The molecule has 1 aliphatic carbocycles. The molecule has 190 valence electrons. The first-order chi connectivity index (χ1) is 17.9. The van der Waals surface area contributed by atoms with Gasteiger partial charge in [0.25, 0.3) is 11.8 Å². The van der Waals surface area contributed by atoms with Gasteiger partial charge in [-0.25, -0.2) is 4.99 Å². The van der Waals surface area contributed by atoms with E-state index in [1.807, 2.05) is 36.4 Å². The predicted molar refractivity (Wildman–Crippen MR) is 140 cm³/mol. The van der Waals surface area contributed by atoms with E-state index in [1.165, 1.54) is 0 Å². The molecule has 0 radical (unpaired) electrons. The second-order valence-corrected chi connectivity index (χ2v) is 10.4. The van der Waals surface area contributed by atoms with Crippen LogP contribution in [0.4, 0.5) is 17.1 Å². The second-order valence-electron chi connectivity index (χ2n) is 10.4. The molecular weight excluding hydrogens is 470 g/mol. The summed E-state index contributed by atoms with van der Waals surface area (Å²) in [7, 11) is 0. The van der Waals surface area contributed by atoms with E-state index in [9.17, 15) is 14.4 Å². The summed E-state index contributed by atoms with van der Waals surface area (Å²) in [4.78, 5) is 46.6. The van der Waals surface area contributed by atoms with Crippen LogP contribution in [0.15, 0.2) is 47.5 Å². The number of fused-ring (bicyclic) bond motifs is 1. The maximum atomic E-state index is 13.9. The number of carbonyl (C=O) groups excluding carboxylic acids is 3. The third-order valence-electron chi connectivity index (χ3n) is 7.99. The van der Waals surface area contributed by atoms with Gasteiger partial charge in [0.1, 0.15) is 17.2 Å². The Balaban J connectivity index is 1.37. The third-order valence-corrected chi connectivity index (χ3v) is 7.99. The summed E-state index contributed by atoms with van der Waals surface area (Å²) < 4.78 is 5.59. The number of primary amides is 1. The van der Waals surface area contributed by atoms with Crippen LogP contribution in [0.1, 0.15) is 37.7 Å². The SMILES string of the molecule is N=C(C(N)=O)C1C(=Nc2ccc3c(c2)CCO3)C(=O)N(c2ccc(N3CCCCC3=O)cc2)CC12CC2. The number of piperidine rings is 2. The average molecular weight is 500 g/mol. The minimum atomic E-state index is -0.830. The van der Waals surface area contributed by atoms with Crippen LogP contribution in [-0.4, -0.2) is 48.8 Å². The molecule has 3 heterocycles. The largest absolute Gasteiger partial charge is 0.493 e. The first-order valence-corrected chi connectivity index (χ1v) is 12.8. The molecule has 1 atom stereocenters.